The highest BCUT2D eigenvalue weighted by molar-refractivity contribution is 6.13. The summed E-state index contributed by atoms with van der Waals surface area (Å²) in [6.07, 6.45) is 0. The summed E-state index contributed by atoms with van der Waals surface area (Å²) in [5.41, 5.74) is 23.5. The molecule has 0 amide bonds. The topological polar surface area (TPSA) is 100 Å². The summed E-state index contributed by atoms with van der Waals surface area (Å²) in [6.45, 7) is 8.49. The van der Waals surface area contributed by atoms with Gasteiger partial charge in [-0.3, -0.25) is 0 Å². The smallest absolute Gasteiger partial charge is 0.194 e. The molecule has 8 heteroatoms. The number of rotatable bonds is 12. The van der Waals surface area contributed by atoms with E-state index in [2.05, 4.69) is 245 Å². The Kier molecular flexibility index (Phi) is 14.5. The maximum Gasteiger partial charge on any atom is 0.194 e. The molecule has 0 aliphatic rings. The number of nitriles is 2. The van der Waals surface area contributed by atoms with Gasteiger partial charge in [-0.05, 0) is 181 Å². The third kappa shape index (κ3) is 10.6. The van der Waals surface area contributed by atoms with Crippen LogP contribution in [-0.4, -0.2) is 24.1 Å². The standard InChI is InChI=1S/C90H54N8/c1-93-83-29-17-16-28-78(83)72-47-74(51-76(49-72)98-86-44-40-68(61-22-10-4-11-23-61)54-81(86)82-55-69(41-45-87(82)98)62-24-12-5-13-25-62)90-95-88(65-36-34-64(35-37-65)63-32-30-58(56-91)31-33-63)94-89(96-90)73-46-71(77-27-15-14-26-70(77)57-92)48-75(50-73)97-84-42-38-66(59-18-6-2-7-19-59)52-79(84)80-53-67(39-43-85(80)97)60-20-8-3-9-21-60/h2-55H. The molecule has 0 atom stereocenters. The van der Waals surface area contributed by atoms with Crippen LogP contribution < -0.4 is 0 Å². The van der Waals surface area contributed by atoms with E-state index in [-0.39, 0.29) is 0 Å². The Labute approximate surface area is 566 Å². The molecule has 0 spiro atoms. The average molecular weight is 1250 g/mol. The zero-order chi connectivity index (χ0) is 65.6. The van der Waals surface area contributed by atoms with Crippen molar-refractivity contribution in [1.82, 2.24) is 24.1 Å². The highest BCUT2D eigenvalue weighted by Gasteiger charge is 2.23. The average Bonchev–Trinajstić information content (AvgIpc) is 1.58. The van der Waals surface area contributed by atoms with Crippen LogP contribution in [0.4, 0.5) is 5.69 Å². The summed E-state index contributed by atoms with van der Waals surface area (Å²) in [4.78, 5) is 20.7. The van der Waals surface area contributed by atoms with E-state index < -0.39 is 0 Å². The quantitative estimate of drug-likeness (QED) is 0.113. The Bertz CT molecular complexity index is 5590. The number of para-hydroxylation sites is 1. The van der Waals surface area contributed by atoms with E-state index in [9.17, 15) is 10.5 Å². The summed E-state index contributed by atoms with van der Waals surface area (Å²) in [7, 11) is 0. The van der Waals surface area contributed by atoms with Crippen molar-refractivity contribution in [1.29, 1.82) is 10.5 Å². The summed E-state index contributed by atoms with van der Waals surface area (Å²) in [5.74, 6) is 1.25. The number of hydrogen-bond acceptors (Lipinski definition) is 5. The highest BCUT2D eigenvalue weighted by atomic mass is 15.0. The van der Waals surface area contributed by atoms with E-state index in [1.165, 1.54) is 0 Å². The van der Waals surface area contributed by atoms with E-state index in [1.54, 1.807) is 0 Å². The van der Waals surface area contributed by atoms with Gasteiger partial charge in [-0.25, -0.2) is 19.8 Å². The van der Waals surface area contributed by atoms with E-state index >= 15 is 0 Å². The summed E-state index contributed by atoms with van der Waals surface area (Å²) < 4.78 is 4.65. The van der Waals surface area contributed by atoms with Crippen LogP contribution in [0, 0.1) is 29.2 Å². The number of benzene rings is 14. The van der Waals surface area contributed by atoms with Crippen molar-refractivity contribution in [2.45, 2.75) is 0 Å². The fraction of sp³-hybridized carbons (Fsp3) is 0. The van der Waals surface area contributed by atoms with E-state index in [0.717, 1.165) is 138 Å². The Morgan fingerprint density at radius 1 is 0.265 bits per heavy atom. The first-order valence-corrected chi connectivity index (χ1v) is 32.4. The second-order valence-corrected chi connectivity index (χ2v) is 24.5. The molecule has 17 rings (SSSR count). The molecule has 98 heavy (non-hydrogen) atoms. The molecule has 0 N–H and O–H groups in total. The highest BCUT2D eigenvalue weighted by Crippen LogP contribution is 2.44. The van der Waals surface area contributed by atoms with Crippen LogP contribution in [0.25, 0.3) is 172 Å². The molecule has 3 aromatic heterocycles. The molecular formula is C90H54N8. The minimum Gasteiger partial charge on any atom is -0.309 e. The van der Waals surface area contributed by atoms with Gasteiger partial charge in [0.1, 0.15) is 0 Å². The molecule has 0 fully saturated rings. The van der Waals surface area contributed by atoms with Crippen molar-refractivity contribution >= 4 is 49.3 Å². The molecule has 454 valence electrons. The van der Waals surface area contributed by atoms with Gasteiger partial charge in [-0.15, -0.1) is 0 Å². The van der Waals surface area contributed by atoms with Gasteiger partial charge in [0.05, 0.1) is 51.9 Å². The first kappa shape index (κ1) is 58.0. The van der Waals surface area contributed by atoms with Crippen LogP contribution in [-0.2, 0) is 0 Å². The molecule has 17 aromatic rings. The van der Waals surface area contributed by atoms with Crippen LogP contribution >= 0.6 is 0 Å². The van der Waals surface area contributed by atoms with Crippen LogP contribution in [0.1, 0.15) is 11.1 Å². The van der Waals surface area contributed by atoms with Gasteiger partial charge in [0.15, 0.2) is 23.2 Å². The van der Waals surface area contributed by atoms with Gasteiger partial charge in [-0.1, -0.05) is 224 Å². The predicted molar refractivity (Wildman–Crippen MR) is 399 cm³/mol. The molecule has 0 unspecified atom stereocenters. The first-order chi connectivity index (χ1) is 48.4. The molecule has 3 heterocycles. The van der Waals surface area contributed by atoms with Crippen LogP contribution in [0.2, 0.25) is 0 Å². The second-order valence-electron chi connectivity index (χ2n) is 24.5. The van der Waals surface area contributed by atoms with Crippen molar-refractivity contribution in [3.8, 4) is 136 Å². The van der Waals surface area contributed by atoms with Crippen LogP contribution in [0.3, 0.4) is 0 Å². The lowest BCUT2D eigenvalue weighted by atomic mass is 9.97. The number of aromatic nitrogens is 5. The number of hydrogen-bond donors (Lipinski definition) is 0. The molecule has 0 saturated heterocycles. The Balaban J connectivity index is 0.923. The Morgan fingerprint density at radius 3 is 0.980 bits per heavy atom. The normalized spacial score (nSPS) is 11.2. The second kappa shape index (κ2) is 24.6. The summed E-state index contributed by atoms with van der Waals surface area (Å²) in [6, 6.07) is 118. The van der Waals surface area contributed by atoms with Crippen molar-refractivity contribution in [2.75, 3.05) is 0 Å². The van der Waals surface area contributed by atoms with Crippen molar-refractivity contribution in [2.24, 2.45) is 0 Å². The van der Waals surface area contributed by atoms with Crippen molar-refractivity contribution in [3.63, 3.8) is 0 Å². The fourth-order valence-electron chi connectivity index (χ4n) is 13.9. The lowest BCUT2D eigenvalue weighted by Gasteiger charge is -2.16. The largest absolute Gasteiger partial charge is 0.309 e. The van der Waals surface area contributed by atoms with Gasteiger partial charge >= 0.3 is 0 Å². The molecular weight excluding hydrogens is 1190 g/mol. The molecule has 0 aliphatic heterocycles. The SMILES string of the molecule is [C-]#[N+]c1ccccc1-c1cc(-c2nc(-c3ccc(-c4ccc(C#N)cc4)cc3)nc(-c3cc(-c4ccccc4C#N)cc(-n4c5ccc(-c6ccccc6)cc5c5cc(-c6ccccc6)ccc54)c3)n2)cc(-n2c3ccc(-c4ccccc4)cc3c3cc(-c4ccccc4)ccc32)c1. The third-order valence-electron chi connectivity index (χ3n) is 18.6. The molecule has 0 bridgehead atoms. The zero-order valence-corrected chi connectivity index (χ0v) is 52.8. The summed E-state index contributed by atoms with van der Waals surface area (Å²) >= 11 is 0. The minimum absolute atomic E-state index is 0.407. The fourth-order valence-corrected chi connectivity index (χ4v) is 13.9. The van der Waals surface area contributed by atoms with E-state index in [0.29, 0.717) is 45.4 Å². The summed E-state index contributed by atoms with van der Waals surface area (Å²) in [5, 5.41) is 24.8. The van der Waals surface area contributed by atoms with Crippen molar-refractivity contribution < 1.29 is 0 Å². The molecule has 14 aromatic carbocycles. The molecule has 8 nitrogen and oxygen atoms in total. The van der Waals surface area contributed by atoms with Crippen molar-refractivity contribution in [3.05, 3.63) is 350 Å². The molecule has 0 saturated carbocycles. The minimum atomic E-state index is 0.407. The predicted octanol–water partition coefficient (Wildman–Crippen LogP) is 23.0. The zero-order valence-electron chi connectivity index (χ0n) is 52.8. The Hall–Kier alpha value is -13.8. The van der Waals surface area contributed by atoms with Gasteiger partial charge in [0.25, 0.3) is 0 Å². The first-order valence-electron chi connectivity index (χ1n) is 32.4. The number of nitrogens with zero attached hydrogens (tertiary/aromatic N) is 8. The molecule has 0 aliphatic carbocycles. The van der Waals surface area contributed by atoms with Gasteiger partial charge < -0.3 is 9.13 Å². The monoisotopic (exact) mass is 1250 g/mol. The Morgan fingerprint density at radius 2 is 0.582 bits per heavy atom. The maximum atomic E-state index is 10.8. The lowest BCUT2D eigenvalue weighted by Crippen LogP contribution is -2.03. The van der Waals surface area contributed by atoms with E-state index in [1.807, 2.05) is 109 Å². The van der Waals surface area contributed by atoms with Gasteiger partial charge in [0.2, 0.25) is 0 Å². The van der Waals surface area contributed by atoms with Gasteiger partial charge in [0, 0.05) is 49.6 Å². The van der Waals surface area contributed by atoms with E-state index in [4.69, 9.17) is 21.5 Å². The third-order valence-corrected chi connectivity index (χ3v) is 18.6. The van der Waals surface area contributed by atoms with Gasteiger partial charge in [-0.2, -0.15) is 10.5 Å². The van der Waals surface area contributed by atoms with Crippen LogP contribution in [0.5, 0.6) is 0 Å². The maximum absolute atomic E-state index is 10.8. The van der Waals surface area contributed by atoms with Crippen LogP contribution in [0.15, 0.2) is 328 Å². The number of fused-ring (bicyclic) bond motifs is 6. The lowest BCUT2D eigenvalue weighted by molar-refractivity contribution is 1.07. The molecule has 0 radical (unpaired) electrons.